The molecule has 2 aromatic heterocycles. The maximum atomic E-state index is 5.14. The van der Waals surface area contributed by atoms with Gasteiger partial charge in [-0.2, -0.15) is 0 Å². The Bertz CT molecular complexity index is 2710. The van der Waals surface area contributed by atoms with Gasteiger partial charge < -0.3 is 4.57 Å². The molecule has 1 aliphatic carbocycles. The summed E-state index contributed by atoms with van der Waals surface area (Å²) in [7, 11) is 0. The Morgan fingerprint density at radius 2 is 1.08 bits per heavy atom. The predicted octanol–water partition coefficient (Wildman–Crippen LogP) is 11.8. The number of imidazole rings is 1. The molecule has 0 bridgehead atoms. The molecule has 0 atom stereocenters. The summed E-state index contributed by atoms with van der Waals surface area (Å²) in [4.78, 5) is 5.14. The van der Waals surface area contributed by atoms with Gasteiger partial charge in [-0.1, -0.05) is 129 Å². The van der Waals surface area contributed by atoms with E-state index in [4.69, 9.17) is 4.98 Å². The maximum Gasteiger partial charge on any atom is 0.145 e. The molecule has 0 amide bonds. The maximum absolute atomic E-state index is 5.14. The van der Waals surface area contributed by atoms with Gasteiger partial charge in [0, 0.05) is 38.7 Å². The van der Waals surface area contributed by atoms with Crippen molar-refractivity contribution in [3.05, 3.63) is 175 Å². The normalized spacial score (nSPS) is 13.3. The van der Waals surface area contributed by atoms with Crippen molar-refractivity contribution in [2.24, 2.45) is 0 Å². The quantitative estimate of drug-likeness (QED) is 0.190. The number of benzene rings is 7. The molecule has 3 nitrogen and oxygen atoms in total. The first-order valence-electron chi connectivity index (χ1n) is 17.0. The van der Waals surface area contributed by atoms with Gasteiger partial charge >= 0.3 is 0 Å². The zero-order valence-electron chi connectivity index (χ0n) is 27.4. The van der Waals surface area contributed by atoms with Crippen LogP contribution in [0, 0.1) is 0 Å². The Morgan fingerprint density at radius 1 is 0.490 bits per heavy atom. The molecule has 7 aromatic carbocycles. The molecule has 0 radical (unpaired) electrons. The van der Waals surface area contributed by atoms with E-state index in [1.165, 1.54) is 55.2 Å². The Balaban J connectivity index is 1.26. The van der Waals surface area contributed by atoms with Crippen LogP contribution < -0.4 is 0 Å². The highest BCUT2D eigenvalue weighted by atomic mass is 15.1. The van der Waals surface area contributed by atoms with Crippen molar-refractivity contribution in [3.8, 4) is 45.0 Å². The van der Waals surface area contributed by atoms with Crippen LogP contribution in [0.4, 0.5) is 0 Å². The Kier molecular flexibility index (Phi) is 5.92. The lowest BCUT2D eigenvalue weighted by atomic mass is 9.81. The zero-order valence-corrected chi connectivity index (χ0v) is 27.4. The Morgan fingerprint density at radius 3 is 1.84 bits per heavy atom. The van der Waals surface area contributed by atoms with Crippen molar-refractivity contribution in [1.29, 1.82) is 0 Å². The number of nitrogens with zero attached hydrogens (tertiary/aromatic N) is 3. The van der Waals surface area contributed by atoms with Crippen molar-refractivity contribution in [3.63, 3.8) is 0 Å². The van der Waals surface area contributed by atoms with E-state index in [1.807, 2.05) is 0 Å². The molecule has 2 heterocycles. The summed E-state index contributed by atoms with van der Waals surface area (Å²) >= 11 is 0. The van der Waals surface area contributed by atoms with Crippen LogP contribution in [0.25, 0.3) is 77.9 Å². The minimum Gasteiger partial charge on any atom is -0.309 e. The first-order valence-corrected chi connectivity index (χ1v) is 17.0. The molecule has 9 aromatic rings. The summed E-state index contributed by atoms with van der Waals surface area (Å²) in [6.45, 7) is 4.75. The second-order valence-electron chi connectivity index (χ2n) is 13.6. The average molecular weight is 628 g/mol. The largest absolute Gasteiger partial charge is 0.309 e. The topological polar surface area (TPSA) is 22.8 Å². The van der Waals surface area contributed by atoms with E-state index in [0.717, 1.165) is 33.8 Å². The van der Waals surface area contributed by atoms with Crippen molar-refractivity contribution < 1.29 is 0 Å². The molecule has 10 rings (SSSR count). The fraction of sp³-hybridized carbons (Fsp3) is 0.0652. The lowest BCUT2D eigenvalue weighted by molar-refractivity contribution is 0.661. The first-order chi connectivity index (χ1) is 24.1. The standard InChI is InChI=1S/C46H33N3/c1-46(2)37-21-11-9-19-34(37)42-38(46)29-36(44-43(42)35-20-10-13-23-40(35)48(44)32-15-5-3-6-16-32)30-25-27-31(28-26-30)45-47-39-22-12-14-24-41(39)49(45)33-17-7-4-8-18-33/h3-29H,1-2H3. The van der Waals surface area contributed by atoms with Crippen LogP contribution >= 0.6 is 0 Å². The number of aromatic nitrogens is 3. The zero-order chi connectivity index (χ0) is 32.7. The summed E-state index contributed by atoms with van der Waals surface area (Å²) in [5.41, 5.74) is 15.6. The van der Waals surface area contributed by atoms with Gasteiger partial charge in [-0.05, 0) is 76.3 Å². The second-order valence-corrected chi connectivity index (χ2v) is 13.6. The monoisotopic (exact) mass is 627 g/mol. The smallest absolute Gasteiger partial charge is 0.145 e. The Hall–Kier alpha value is -6.19. The van der Waals surface area contributed by atoms with E-state index >= 15 is 0 Å². The molecule has 0 N–H and O–H groups in total. The molecule has 0 saturated carbocycles. The van der Waals surface area contributed by atoms with Crippen LogP contribution in [0.5, 0.6) is 0 Å². The number of fused-ring (bicyclic) bond motifs is 8. The van der Waals surface area contributed by atoms with Gasteiger partial charge in [0.05, 0.1) is 22.1 Å². The van der Waals surface area contributed by atoms with Gasteiger partial charge in [0.25, 0.3) is 0 Å². The van der Waals surface area contributed by atoms with E-state index in [2.05, 4.69) is 187 Å². The molecule has 0 aliphatic heterocycles. The summed E-state index contributed by atoms with van der Waals surface area (Å²) in [5.74, 6) is 0.938. The van der Waals surface area contributed by atoms with Crippen LogP contribution in [-0.2, 0) is 5.41 Å². The van der Waals surface area contributed by atoms with Crippen molar-refractivity contribution >= 4 is 32.8 Å². The number of rotatable bonds is 4. The molecule has 232 valence electrons. The SMILES string of the molecule is CC1(C)c2ccccc2-c2c1cc(-c1ccc(-c3nc4ccccc4n3-c3ccccc3)cc1)c1c2c2ccccc2n1-c1ccccc1. The van der Waals surface area contributed by atoms with E-state index in [-0.39, 0.29) is 5.41 Å². The minimum atomic E-state index is -0.134. The molecule has 1 aliphatic rings. The molecular weight excluding hydrogens is 595 g/mol. The summed E-state index contributed by atoms with van der Waals surface area (Å²) in [5, 5.41) is 2.60. The molecule has 0 fully saturated rings. The fourth-order valence-corrected chi connectivity index (χ4v) is 8.25. The second kappa shape index (κ2) is 10.4. The van der Waals surface area contributed by atoms with E-state index in [0.29, 0.717) is 0 Å². The molecule has 0 spiro atoms. The van der Waals surface area contributed by atoms with Gasteiger partial charge in [-0.25, -0.2) is 4.98 Å². The highest BCUT2D eigenvalue weighted by molar-refractivity contribution is 6.21. The molecule has 0 unspecified atom stereocenters. The van der Waals surface area contributed by atoms with Crippen molar-refractivity contribution in [1.82, 2.24) is 14.1 Å². The summed E-state index contributed by atoms with van der Waals surface area (Å²) in [6, 6.07) is 59.1. The van der Waals surface area contributed by atoms with Gasteiger partial charge in [0.15, 0.2) is 0 Å². The predicted molar refractivity (Wildman–Crippen MR) is 204 cm³/mol. The van der Waals surface area contributed by atoms with Crippen LogP contribution in [-0.4, -0.2) is 14.1 Å². The lowest BCUT2D eigenvalue weighted by Gasteiger charge is -2.23. The lowest BCUT2D eigenvalue weighted by Crippen LogP contribution is -2.15. The third-order valence-electron chi connectivity index (χ3n) is 10.5. The number of hydrogen-bond acceptors (Lipinski definition) is 1. The first kappa shape index (κ1) is 27.9. The van der Waals surface area contributed by atoms with E-state index < -0.39 is 0 Å². The van der Waals surface area contributed by atoms with Crippen molar-refractivity contribution in [2.45, 2.75) is 19.3 Å². The molecule has 49 heavy (non-hydrogen) atoms. The van der Waals surface area contributed by atoms with Gasteiger partial charge in [0.1, 0.15) is 5.82 Å². The van der Waals surface area contributed by atoms with Crippen LogP contribution in [0.3, 0.4) is 0 Å². The van der Waals surface area contributed by atoms with Crippen LogP contribution in [0.1, 0.15) is 25.0 Å². The molecular formula is C46H33N3. The summed E-state index contributed by atoms with van der Waals surface area (Å²) in [6.07, 6.45) is 0. The number of para-hydroxylation sites is 5. The van der Waals surface area contributed by atoms with E-state index in [1.54, 1.807) is 0 Å². The minimum absolute atomic E-state index is 0.134. The third kappa shape index (κ3) is 3.99. The Labute approximate surface area is 285 Å². The van der Waals surface area contributed by atoms with Crippen LogP contribution in [0.2, 0.25) is 0 Å². The molecule has 3 heteroatoms. The average Bonchev–Trinajstić information content (AvgIpc) is 3.78. The number of hydrogen-bond donors (Lipinski definition) is 0. The van der Waals surface area contributed by atoms with Gasteiger partial charge in [-0.15, -0.1) is 0 Å². The fourth-order valence-electron chi connectivity index (χ4n) is 8.25. The molecule has 0 saturated heterocycles. The van der Waals surface area contributed by atoms with Gasteiger partial charge in [-0.3, -0.25) is 4.57 Å². The van der Waals surface area contributed by atoms with Crippen LogP contribution in [0.15, 0.2) is 164 Å². The highest BCUT2D eigenvalue weighted by Crippen LogP contribution is 2.55. The summed E-state index contributed by atoms with van der Waals surface area (Å²) < 4.78 is 4.74. The van der Waals surface area contributed by atoms with Crippen molar-refractivity contribution in [2.75, 3.05) is 0 Å². The highest BCUT2D eigenvalue weighted by Gasteiger charge is 2.38. The third-order valence-corrected chi connectivity index (χ3v) is 10.5. The van der Waals surface area contributed by atoms with E-state index in [9.17, 15) is 0 Å². The van der Waals surface area contributed by atoms with Gasteiger partial charge in [0.2, 0.25) is 0 Å².